The molecule has 0 aliphatic carbocycles. The average Bonchev–Trinajstić information content (AvgIpc) is 2.88. The molecule has 0 bridgehead atoms. The number of para-hydroxylation sites is 1. The van der Waals surface area contributed by atoms with Crippen LogP contribution < -0.4 is 9.64 Å². The number of amides is 2. The molecule has 0 aromatic heterocycles. The Morgan fingerprint density at radius 3 is 2.50 bits per heavy atom. The summed E-state index contributed by atoms with van der Waals surface area (Å²) in [6.07, 6.45) is 1.51. The molecule has 1 aliphatic heterocycles. The topological polar surface area (TPSA) is 83.9 Å². The fourth-order valence-electron chi connectivity index (χ4n) is 2.27. The van der Waals surface area contributed by atoms with Gasteiger partial charge < -0.3 is 9.84 Å². The summed E-state index contributed by atoms with van der Waals surface area (Å²) in [4.78, 5) is 36.0. The number of aliphatic carboxylic acids is 1. The number of carboxylic acid groups (broad SMARTS) is 1. The molecule has 1 heterocycles. The van der Waals surface area contributed by atoms with Crippen molar-refractivity contribution in [2.24, 2.45) is 0 Å². The SMILES string of the molecule is O=C(O)COc1ccc(/C=C2/SC(=O)N(c3ccccc3F)C2=O)cc1. The second-order valence-electron chi connectivity index (χ2n) is 5.22. The molecule has 0 spiro atoms. The molecule has 0 radical (unpaired) electrons. The predicted molar refractivity (Wildman–Crippen MR) is 94.4 cm³/mol. The van der Waals surface area contributed by atoms with Gasteiger partial charge in [-0.3, -0.25) is 9.59 Å². The highest BCUT2D eigenvalue weighted by Gasteiger charge is 2.37. The Kier molecular flexibility index (Phi) is 5.04. The Balaban J connectivity index is 1.80. The highest BCUT2D eigenvalue weighted by molar-refractivity contribution is 8.19. The Bertz CT molecular complexity index is 910. The Hall–Kier alpha value is -3.13. The lowest BCUT2D eigenvalue weighted by atomic mass is 10.2. The third kappa shape index (κ3) is 3.75. The van der Waals surface area contributed by atoms with Gasteiger partial charge in [-0.25, -0.2) is 14.1 Å². The minimum atomic E-state index is -1.09. The zero-order valence-corrected chi connectivity index (χ0v) is 14.0. The van der Waals surface area contributed by atoms with Crippen LogP contribution >= 0.6 is 11.8 Å². The van der Waals surface area contributed by atoms with Crippen molar-refractivity contribution in [2.75, 3.05) is 11.5 Å². The summed E-state index contributed by atoms with van der Waals surface area (Å²) in [6.45, 7) is -0.457. The van der Waals surface area contributed by atoms with Crippen LogP contribution in [0.25, 0.3) is 6.08 Å². The number of carbonyl (C=O) groups excluding carboxylic acids is 2. The molecular weight excluding hydrogens is 361 g/mol. The van der Waals surface area contributed by atoms with E-state index in [4.69, 9.17) is 9.84 Å². The number of benzene rings is 2. The third-order valence-corrected chi connectivity index (χ3v) is 4.30. The van der Waals surface area contributed by atoms with Crippen LogP contribution in [0.5, 0.6) is 5.75 Å². The van der Waals surface area contributed by atoms with Crippen LogP contribution in [0, 0.1) is 5.82 Å². The zero-order valence-electron chi connectivity index (χ0n) is 13.2. The quantitative estimate of drug-likeness (QED) is 0.807. The van der Waals surface area contributed by atoms with Crippen molar-refractivity contribution in [1.29, 1.82) is 0 Å². The van der Waals surface area contributed by atoms with Crippen molar-refractivity contribution in [3.63, 3.8) is 0 Å². The molecule has 1 saturated heterocycles. The third-order valence-electron chi connectivity index (χ3n) is 3.43. The maximum atomic E-state index is 13.9. The van der Waals surface area contributed by atoms with Crippen LogP contribution in [0.4, 0.5) is 14.9 Å². The minimum Gasteiger partial charge on any atom is -0.482 e. The molecule has 3 rings (SSSR count). The van der Waals surface area contributed by atoms with E-state index in [-0.39, 0.29) is 10.6 Å². The van der Waals surface area contributed by atoms with Gasteiger partial charge in [-0.2, -0.15) is 0 Å². The molecule has 2 aromatic rings. The van der Waals surface area contributed by atoms with E-state index >= 15 is 0 Å². The summed E-state index contributed by atoms with van der Waals surface area (Å²) < 4.78 is 18.9. The monoisotopic (exact) mass is 373 g/mol. The molecule has 26 heavy (non-hydrogen) atoms. The number of anilines is 1. The lowest BCUT2D eigenvalue weighted by Gasteiger charge is -2.12. The molecule has 1 N–H and O–H groups in total. The van der Waals surface area contributed by atoms with Crippen molar-refractivity contribution in [2.45, 2.75) is 0 Å². The molecule has 0 saturated carbocycles. The van der Waals surface area contributed by atoms with Gasteiger partial charge in [-0.1, -0.05) is 24.3 Å². The number of halogens is 1. The Morgan fingerprint density at radius 2 is 1.85 bits per heavy atom. The van der Waals surface area contributed by atoms with Crippen molar-refractivity contribution in [1.82, 2.24) is 0 Å². The minimum absolute atomic E-state index is 0.0872. The van der Waals surface area contributed by atoms with E-state index in [0.717, 1.165) is 16.7 Å². The maximum absolute atomic E-state index is 13.9. The summed E-state index contributed by atoms with van der Waals surface area (Å²) in [7, 11) is 0. The first kappa shape index (κ1) is 17.7. The average molecular weight is 373 g/mol. The van der Waals surface area contributed by atoms with Gasteiger partial charge in [0.25, 0.3) is 11.1 Å². The fraction of sp³-hybridized carbons (Fsp3) is 0.0556. The summed E-state index contributed by atoms with van der Waals surface area (Å²) in [6, 6.07) is 11.9. The van der Waals surface area contributed by atoms with Crippen LogP contribution in [0.15, 0.2) is 53.4 Å². The molecule has 2 amide bonds. The number of carbonyl (C=O) groups is 3. The molecule has 0 atom stereocenters. The first-order chi connectivity index (χ1) is 12.5. The highest BCUT2D eigenvalue weighted by atomic mass is 32.2. The number of thioether (sulfide) groups is 1. The molecule has 1 fully saturated rings. The molecule has 6 nitrogen and oxygen atoms in total. The van der Waals surface area contributed by atoms with Gasteiger partial charge in [0.15, 0.2) is 6.61 Å². The van der Waals surface area contributed by atoms with Gasteiger partial charge in [0.2, 0.25) is 0 Å². The van der Waals surface area contributed by atoms with Crippen molar-refractivity contribution < 1.29 is 28.6 Å². The van der Waals surface area contributed by atoms with Crippen molar-refractivity contribution >= 4 is 40.6 Å². The molecule has 1 aliphatic rings. The number of hydrogen-bond acceptors (Lipinski definition) is 5. The first-order valence-corrected chi connectivity index (χ1v) is 8.24. The molecule has 0 unspecified atom stereocenters. The van der Waals surface area contributed by atoms with E-state index in [2.05, 4.69) is 0 Å². The fourth-order valence-corrected chi connectivity index (χ4v) is 3.10. The van der Waals surface area contributed by atoms with Gasteiger partial charge in [-0.15, -0.1) is 0 Å². The van der Waals surface area contributed by atoms with E-state index in [1.165, 1.54) is 24.3 Å². The number of ether oxygens (including phenoxy) is 1. The van der Waals surface area contributed by atoms with Gasteiger partial charge >= 0.3 is 5.97 Å². The summed E-state index contributed by atoms with van der Waals surface area (Å²) >= 11 is 0.721. The number of carboxylic acids is 1. The number of rotatable bonds is 5. The predicted octanol–water partition coefficient (Wildman–Crippen LogP) is 3.53. The molecule has 8 heteroatoms. The van der Waals surface area contributed by atoms with E-state index < -0.39 is 29.5 Å². The molecule has 2 aromatic carbocycles. The van der Waals surface area contributed by atoms with Crippen LogP contribution in [0.3, 0.4) is 0 Å². The van der Waals surface area contributed by atoms with Crippen molar-refractivity contribution in [3.8, 4) is 5.75 Å². The Labute approximate surface area is 151 Å². The summed E-state index contributed by atoms with van der Waals surface area (Å²) in [5, 5.41) is 8.00. The van der Waals surface area contributed by atoms with Gasteiger partial charge in [0.1, 0.15) is 11.6 Å². The van der Waals surface area contributed by atoms with Gasteiger partial charge in [0.05, 0.1) is 10.6 Å². The zero-order chi connectivity index (χ0) is 18.7. The number of imide groups is 1. The Morgan fingerprint density at radius 1 is 1.15 bits per heavy atom. The number of nitrogens with zero attached hydrogens (tertiary/aromatic N) is 1. The standard InChI is InChI=1S/C18H12FNO5S/c19-13-3-1-2-4-14(13)20-17(23)15(26-18(20)24)9-11-5-7-12(8-6-11)25-10-16(21)22/h1-9H,10H2,(H,21,22)/b15-9+. The second-order valence-corrected chi connectivity index (χ2v) is 6.21. The van der Waals surface area contributed by atoms with Gasteiger partial charge in [0, 0.05) is 0 Å². The first-order valence-electron chi connectivity index (χ1n) is 7.43. The van der Waals surface area contributed by atoms with Crippen LogP contribution in [-0.4, -0.2) is 28.8 Å². The highest BCUT2D eigenvalue weighted by Crippen LogP contribution is 2.36. The van der Waals surface area contributed by atoms with Crippen molar-refractivity contribution in [3.05, 3.63) is 64.8 Å². The van der Waals surface area contributed by atoms with Gasteiger partial charge in [-0.05, 0) is 47.7 Å². The molecular formula is C18H12FNO5S. The lowest BCUT2D eigenvalue weighted by molar-refractivity contribution is -0.139. The normalized spacial score (nSPS) is 15.6. The number of hydrogen-bond donors (Lipinski definition) is 1. The van der Waals surface area contributed by atoms with Crippen LogP contribution in [0.1, 0.15) is 5.56 Å². The van der Waals surface area contributed by atoms with Crippen LogP contribution in [-0.2, 0) is 9.59 Å². The molecule has 132 valence electrons. The van der Waals surface area contributed by atoms with E-state index in [9.17, 15) is 18.8 Å². The van der Waals surface area contributed by atoms with E-state index in [1.54, 1.807) is 30.3 Å². The summed E-state index contributed by atoms with van der Waals surface area (Å²) in [5.74, 6) is -1.98. The lowest BCUT2D eigenvalue weighted by Crippen LogP contribution is -2.28. The second kappa shape index (κ2) is 7.40. The largest absolute Gasteiger partial charge is 0.482 e. The smallest absolute Gasteiger partial charge is 0.341 e. The summed E-state index contributed by atoms with van der Waals surface area (Å²) in [5.41, 5.74) is 0.530. The van der Waals surface area contributed by atoms with E-state index in [1.807, 2.05) is 0 Å². The maximum Gasteiger partial charge on any atom is 0.341 e. The van der Waals surface area contributed by atoms with E-state index in [0.29, 0.717) is 11.3 Å². The van der Waals surface area contributed by atoms with Crippen LogP contribution in [0.2, 0.25) is 0 Å².